The summed E-state index contributed by atoms with van der Waals surface area (Å²) in [6.07, 6.45) is -3.81. The van der Waals surface area contributed by atoms with Crippen LogP contribution in [0.25, 0.3) is 0 Å². The smallest absolute Gasteiger partial charge is 0.507 e. The molecule has 41 heavy (non-hydrogen) atoms. The highest BCUT2D eigenvalue weighted by molar-refractivity contribution is 6.32. The summed E-state index contributed by atoms with van der Waals surface area (Å²) in [5.41, 5.74) is 1.58. The fourth-order valence-electron chi connectivity index (χ4n) is 7.29. The minimum atomic E-state index is -5.14. The van der Waals surface area contributed by atoms with E-state index in [1.807, 2.05) is 0 Å². The van der Waals surface area contributed by atoms with Crippen molar-refractivity contribution >= 4 is 29.0 Å². The number of ether oxygens (including phenoxy) is 1. The fourth-order valence-corrected chi connectivity index (χ4v) is 7.29. The van der Waals surface area contributed by atoms with E-state index in [0.29, 0.717) is 19.4 Å². The SMILES string of the molecule is CN(C)C1C(=O)C(C(N)=O)C(=O)C2(O)C(=O)C3C(=O)c4c(O)cc(C5CCCCN5)c(OC(F)(F)F)c4CC3CC12. The van der Waals surface area contributed by atoms with Gasteiger partial charge in [-0.05, 0) is 58.3 Å². The summed E-state index contributed by atoms with van der Waals surface area (Å²) in [6, 6.07) is -0.906. The molecule has 14 heteroatoms. The number of nitrogens with zero attached hydrogens (tertiary/aromatic N) is 1. The van der Waals surface area contributed by atoms with Gasteiger partial charge in [-0.15, -0.1) is 13.2 Å². The quantitative estimate of drug-likeness (QED) is 0.368. The van der Waals surface area contributed by atoms with Crippen LogP contribution < -0.4 is 15.8 Å². The fraction of sp³-hybridized carbons (Fsp3) is 0.593. The third-order valence-corrected chi connectivity index (χ3v) is 8.94. The highest BCUT2D eigenvalue weighted by Crippen LogP contribution is 2.53. The largest absolute Gasteiger partial charge is 0.573 e. The minimum Gasteiger partial charge on any atom is -0.507 e. The van der Waals surface area contributed by atoms with Crippen LogP contribution in [0.1, 0.15) is 53.2 Å². The van der Waals surface area contributed by atoms with Crippen LogP contribution >= 0.6 is 0 Å². The number of phenolic OH excluding ortho intramolecular Hbond substituents is 1. The Morgan fingerprint density at radius 3 is 2.41 bits per heavy atom. The number of rotatable bonds is 4. The first-order valence-corrected chi connectivity index (χ1v) is 13.3. The van der Waals surface area contributed by atoms with Gasteiger partial charge in [0, 0.05) is 23.1 Å². The molecule has 1 saturated heterocycles. The number of carbonyl (C=O) groups excluding carboxylic acids is 5. The standard InChI is InChI=1S/C27H30F3N3O8/c1-33(2)19-13-8-10-7-12-17(15(34)9-11(14-5-3-4-6-32-14)22(12)41-27(28,29)30)20(35)16(10)23(37)26(13,40)24(38)18(21(19)36)25(31)39/h9-10,13-14,16,18-19,32,34,40H,3-8H2,1-2H3,(H2,31,39). The highest BCUT2D eigenvalue weighted by atomic mass is 19.4. The van der Waals surface area contributed by atoms with Gasteiger partial charge in [-0.1, -0.05) is 6.42 Å². The monoisotopic (exact) mass is 581 g/mol. The van der Waals surface area contributed by atoms with Crippen LogP contribution in [0.15, 0.2) is 6.07 Å². The Hall–Kier alpha value is -3.36. The molecule has 7 unspecified atom stereocenters. The van der Waals surface area contributed by atoms with Crippen LogP contribution in [-0.4, -0.2) is 82.8 Å². The molecule has 1 amide bonds. The number of likely N-dealkylation sites (N-methyl/N-ethyl adjacent to an activating group) is 1. The number of halogens is 3. The van der Waals surface area contributed by atoms with Crippen LogP contribution in [0, 0.1) is 23.7 Å². The van der Waals surface area contributed by atoms with Gasteiger partial charge in [-0.25, -0.2) is 0 Å². The maximum atomic E-state index is 13.9. The summed E-state index contributed by atoms with van der Waals surface area (Å²) >= 11 is 0. The summed E-state index contributed by atoms with van der Waals surface area (Å²) in [5, 5.41) is 25.6. The molecule has 4 aliphatic rings. The average Bonchev–Trinajstić information content (AvgIpc) is 2.87. The molecule has 0 bridgehead atoms. The van der Waals surface area contributed by atoms with Crippen molar-refractivity contribution in [1.82, 2.24) is 10.2 Å². The molecule has 7 atom stereocenters. The Balaban J connectivity index is 1.66. The number of nitrogens with one attached hydrogen (secondary N) is 1. The lowest BCUT2D eigenvalue weighted by Crippen LogP contribution is -2.74. The molecule has 5 N–H and O–H groups in total. The number of hydrogen-bond acceptors (Lipinski definition) is 10. The lowest BCUT2D eigenvalue weighted by Gasteiger charge is -2.52. The first-order valence-electron chi connectivity index (χ1n) is 13.3. The molecule has 11 nitrogen and oxygen atoms in total. The predicted molar refractivity (Wildman–Crippen MR) is 133 cm³/mol. The maximum absolute atomic E-state index is 13.9. The van der Waals surface area contributed by atoms with E-state index in [1.165, 1.54) is 19.0 Å². The normalized spacial score (nSPS) is 33.7. The van der Waals surface area contributed by atoms with Crippen molar-refractivity contribution in [2.24, 2.45) is 29.4 Å². The molecule has 0 spiro atoms. The zero-order valence-electron chi connectivity index (χ0n) is 22.3. The predicted octanol–water partition coefficient (Wildman–Crippen LogP) is 0.580. The zero-order chi connectivity index (χ0) is 30.2. The van der Waals surface area contributed by atoms with Gasteiger partial charge >= 0.3 is 6.36 Å². The van der Waals surface area contributed by atoms with Crippen LogP contribution in [-0.2, 0) is 25.6 Å². The summed E-state index contributed by atoms with van der Waals surface area (Å²) < 4.78 is 45.4. The van der Waals surface area contributed by atoms with Crippen LogP contribution in [0.4, 0.5) is 13.2 Å². The number of fused-ring (bicyclic) bond motifs is 3. The second-order valence-corrected chi connectivity index (χ2v) is 11.5. The summed E-state index contributed by atoms with van der Waals surface area (Å²) in [6.45, 7) is 0.520. The van der Waals surface area contributed by atoms with Crippen LogP contribution in [0.2, 0.25) is 0 Å². The molecule has 3 aliphatic carbocycles. The Bertz CT molecular complexity index is 1360. The van der Waals surface area contributed by atoms with Gasteiger partial charge in [0.1, 0.15) is 11.5 Å². The molecule has 2 saturated carbocycles. The number of phenols is 1. The van der Waals surface area contributed by atoms with Crippen molar-refractivity contribution < 1.29 is 52.1 Å². The van der Waals surface area contributed by atoms with E-state index in [4.69, 9.17) is 5.73 Å². The lowest BCUT2D eigenvalue weighted by molar-refractivity contribution is -0.275. The highest BCUT2D eigenvalue weighted by Gasteiger charge is 2.69. The number of piperidine rings is 1. The van der Waals surface area contributed by atoms with Crippen LogP contribution in [0.5, 0.6) is 11.5 Å². The summed E-state index contributed by atoms with van der Waals surface area (Å²) in [7, 11) is 2.87. The number of carbonyl (C=O) groups is 5. The summed E-state index contributed by atoms with van der Waals surface area (Å²) in [5.74, 6) is -13.6. The van der Waals surface area contributed by atoms with E-state index in [2.05, 4.69) is 10.1 Å². The molecule has 1 aromatic carbocycles. The second-order valence-electron chi connectivity index (χ2n) is 11.5. The van der Waals surface area contributed by atoms with Gasteiger partial charge in [0.15, 0.2) is 34.7 Å². The van der Waals surface area contributed by atoms with Crippen molar-refractivity contribution in [1.29, 1.82) is 0 Å². The number of aromatic hydroxyl groups is 1. The zero-order valence-corrected chi connectivity index (χ0v) is 22.3. The number of ketones is 4. The van der Waals surface area contributed by atoms with Crippen molar-refractivity contribution in [3.63, 3.8) is 0 Å². The number of nitrogens with two attached hydrogens (primary N) is 1. The molecule has 1 heterocycles. The third kappa shape index (κ3) is 4.43. The lowest BCUT2D eigenvalue weighted by atomic mass is 9.52. The topological polar surface area (TPSA) is 176 Å². The van der Waals surface area contributed by atoms with E-state index < -0.39 is 93.8 Å². The van der Waals surface area contributed by atoms with Gasteiger partial charge < -0.3 is 26.0 Å². The van der Waals surface area contributed by atoms with E-state index in [9.17, 15) is 47.4 Å². The Kier molecular flexibility index (Phi) is 7.02. The molecular formula is C27H30F3N3O8. The van der Waals surface area contributed by atoms with E-state index in [0.717, 1.165) is 12.5 Å². The number of primary amides is 1. The third-order valence-electron chi connectivity index (χ3n) is 8.94. The van der Waals surface area contributed by atoms with E-state index >= 15 is 0 Å². The number of alkyl halides is 3. The van der Waals surface area contributed by atoms with Crippen molar-refractivity contribution in [2.75, 3.05) is 20.6 Å². The van der Waals surface area contributed by atoms with Gasteiger partial charge in [-0.2, -0.15) is 0 Å². The molecule has 1 aliphatic heterocycles. The average molecular weight is 582 g/mol. The molecule has 3 fully saturated rings. The van der Waals surface area contributed by atoms with Gasteiger partial charge in [-0.3, -0.25) is 28.9 Å². The number of Topliss-reactive ketones (excluding diaryl/α,β-unsaturated/α-hetero) is 4. The van der Waals surface area contributed by atoms with Gasteiger partial charge in [0.2, 0.25) is 5.91 Å². The minimum absolute atomic E-state index is 0.0154. The Morgan fingerprint density at radius 1 is 1.17 bits per heavy atom. The molecule has 0 radical (unpaired) electrons. The van der Waals surface area contributed by atoms with Gasteiger partial charge in [0.25, 0.3) is 0 Å². The first-order chi connectivity index (χ1) is 19.1. The molecule has 222 valence electrons. The van der Waals surface area contributed by atoms with E-state index in [1.54, 1.807) is 0 Å². The number of hydrogen-bond donors (Lipinski definition) is 4. The number of amides is 1. The molecule has 5 rings (SSSR count). The van der Waals surface area contributed by atoms with Gasteiger partial charge in [0.05, 0.1) is 17.5 Å². The molecule has 1 aromatic rings. The Morgan fingerprint density at radius 2 is 1.85 bits per heavy atom. The number of benzene rings is 1. The Labute approximate surface area is 232 Å². The second kappa shape index (κ2) is 9.88. The molecular weight excluding hydrogens is 551 g/mol. The first kappa shape index (κ1) is 29.1. The summed E-state index contributed by atoms with van der Waals surface area (Å²) in [4.78, 5) is 67.5. The van der Waals surface area contributed by atoms with Crippen molar-refractivity contribution in [3.05, 3.63) is 22.8 Å². The van der Waals surface area contributed by atoms with Crippen LogP contribution in [0.3, 0.4) is 0 Å². The van der Waals surface area contributed by atoms with Crippen molar-refractivity contribution in [2.45, 2.75) is 56.2 Å². The molecule has 0 aromatic heterocycles. The van der Waals surface area contributed by atoms with Crippen molar-refractivity contribution in [3.8, 4) is 11.5 Å². The maximum Gasteiger partial charge on any atom is 0.573 e. The van der Waals surface area contributed by atoms with E-state index in [-0.39, 0.29) is 24.0 Å². The number of aliphatic hydroxyl groups is 1.